The molecule has 0 saturated heterocycles. The van der Waals surface area contributed by atoms with Crippen LogP contribution in [-0.4, -0.2) is 25.5 Å². The summed E-state index contributed by atoms with van der Waals surface area (Å²) in [4.78, 5) is 22.1. The lowest BCUT2D eigenvalue weighted by Gasteiger charge is -2.03. The van der Waals surface area contributed by atoms with E-state index in [1.54, 1.807) is 18.2 Å². The van der Waals surface area contributed by atoms with Gasteiger partial charge in [0.2, 0.25) is 0 Å². The van der Waals surface area contributed by atoms with Crippen LogP contribution in [0, 0.1) is 0 Å². The van der Waals surface area contributed by atoms with E-state index in [1.807, 2.05) is 0 Å². The number of rotatable bonds is 4. The molecule has 0 aromatic heterocycles. The molecule has 0 radical (unpaired) electrons. The lowest BCUT2D eigenvalue weighted by atomic mass is 10.1. The van der Waals surface area contributed by atoms with Gasteiger partial charge < -0.3 is 9.47 Å². The highest BCUT2D eigenvalue weighted by molar-refractivity contribution is 5.97. The number of hydrogen-bond donors (Lipinski definition) is 0. The minimum absolute atomic E-state index is 0.0174. The Bertz CT molecular complexity index is 371. The van der Waals surface area contributed by atoms with Crippen LogP contribution in [0.15, 0.2) is 24.3 Å². The minimum atomic E-state index is -0.411. The molecule has 1 aromatic rings. The van der Waals surface area contributed by atoms with Gasteiger partial charge in [0.05, 0.1) is 0 Å². The van der Waals surface area contributed by atoms with Gasteiger partial charge in [-0.15, -0.1) is 0 Å². The Balaban J connectivity index is 2.82. The van der Waals surface area contributed by atoms with Crippen LogP contribution < -0.4 is 4.74 Å². The van der Waals surface area contributed by atoms with Gasteiger partial charge in [0.1, 0.15) is 12.4 Å². The van der Waals surface area contributed by atoms with Crippen LogP contribution in [-0.2, 0) is 9.53 Å². The van der Waals surface area contributed by atoms with E-state index in [-0.39, 0.29) is 12.4 Å². The average molecular weight is 208 g/mol. The number of carbonyl (C=O) groups is 2. The Kier molecular flexibility index (Phi) is 4.00. The maximum atomic E-state index is 11.4. The Labute approximate surface area is 87.8 Å². The van der Waals surface area contributed by atoms with Crippen LogP contribution in [0.2, 0.25) is 0 Å². The third-order valence-electron chi connectivity index (χ3n) is 1.69. The quantitative estimate of drug-likeness (QED) is 0.427. The van der Waals surface area contributed by atoms with Crippen LogP contribution in [0.1, 0.15) is 17.3 Å². The van der Waals surface area contributed by atoms with Crippen LogP contribution >= 0.6 is 0 Å². The van der Waals surface area contributed by atoms with E-state index in [4.69, 9.17) is 9.47 Å². The van der Waals surface area contributed by atoms with Gasteiger partial charge >= 0.3 is 5.97 Å². The van der Waals surface area contributed by atoms with Gasteiger partial charge in [-0.05, 0) is 12.1 Å². The molecule has 0 aliphatic rings. The van der Waals surface area contributed by atoms with Crippen molar-refractivity contribution in [3.8, 4) is 5.75 Å². The Hall–Kier alpha value is -1.68. The maximum absolute atomic E-state index is 11.4. The zero-order valence-corrected chi connectivity index (χ0v) is 8.65. The van der Waals surface area contributed by atoms with Crippen molar-refractivity contribution in [2.24, 2.45) is 0 Å². The second-order valence-corrected chi connectivity index (χ2v) is 2.98. The molecule has 0 N–H and O–H groups in total. The van der Waals surface area contributed by atoms with Crippen molar-refractivity contribution in [1.82, 2.24) is 0 Å². The summed E-state index contributed by atoms with van der Waals surface area (Å²) in [6.45, 7) is 1.33. The Morgan fingerprint density at radius 2 is 2.07 bits per heavy atom. The van der Waals surface area contributed by atoms with E-state index in [0.717, 1.165) is 0 Å². The van der Waals surface area contributed by atoms with Gasteiger partial charge in [0.25, 0.3) is 0 Å². The molecule has 0 atom stereocenters. The first kappa shape index (κ1) is 11.4. The number of esters is 1. The third-order valence-corrected chi connectivity index (χ3v) is 1.69. The molecular formula is C11H12O4. The molecule has 0 aliphatic heterocycles. The number of carbonyl (C=O) groups excluding carboxylic acids is 2. The fourth-order valence-electron chi connectivity index (χ4n) is 1.11. The summed E-state index contributed by atoms with van der Waals surface area (Å²) >= 11 is 0. The molecule has 1 aromatic carbocycles. The fourth-order valence-corrected chi connectivity index (χ4v) is 1.11. The number of ketones is 1. The van der Waals surface area contributed by atoms with Crippen LogP contribution in [0.5, 0.6) is 5.75 Å². The van der Waals surface area contributed by atoms with Gasteiger partial charge in [-0.25, -0.2) is 0 Å². The molecular weight excluding hydrogens is 196 g/mol. The monoisotopic (exact) mass is 208 g/mol. The van der Waals surface area contributed by atoms with Crippen LogP contribution in [0.25, 0.3) is 0 Å². The SMILES string of the molecule is COCC(=O)c1cccc(OC(C)=O)c1. The first-order valence-electron chi connectivity index (χ1n) is 4.44. The van der Waals surface area contributed by atoms with Crippen molar-refractivity contribution in [1.29, 1.82) is 0 Å². The van der Waals surface area contributed by atoms with E-state index < -0.39 is 5.97 Å². The lowest BCUT2D eigenvalue weighted by Crippen LogP contribution is -2.08. The fraction of sp³-hybridized carbons (Fsp3) is 0.273. The smallest absolute Gasteiger partial charge is 0.308 e. The van der Waals surface area contributed by atoms with Crippen LogP contribution in [0.4, 0.5) is 0 Å². The predicted octanol–water partition coefficient (Wildman–Crippen LogP) is 1.44. The molecule has 0 fully saturated rings. The molecule has 0 saturated carbocycles. The summed E-state index contributed by atoms with van der Waals surface area (Å²) in [5.74, 6) is -0.192. The summed E-state index contributed by atoms with van der Waals surface area (Å²) in [5.41, 5.74) is 0.468. The molecule has 4 nitrogen and oxygen atoms in total. The standard InChI is InChI=1S/C11H12O4/c1-8(12)15-10-5-3-4-9(6-10)11(13)7-14-2/h3-6H,7H2,1-2H3. The highest BCUT2D eigenvalue weighted by Gasteiger charge is 2.06. The summed E-state index contributed by atoms with van der Waals surface area (Å²) in [6, 6.07) is 6.43. The van der Waals surface area contributed by atoms with E-state index in [0.29, 0.717) is 11.3 Å². The molecule has 15 heavy (non-hydrogen) atoms. The second kappa shape index (κ2) is 5.26. The normalized spacial score (nSPS) is 9.73. The molecule has 0 bridgehead atoms. The third kappa shape index (κ3) is 3.52. The van der Waals surface area contributed by atoms with Gasteiger partial charge in [-0.2, -0.15) is 0 Å². The van der Waals surface area contributed by atoms with Crippen molar-refractivity contribution in [3.63, 3.8) is 0 Å². The molecule has 0 aliphatic carbocycles. The molecule has 0 unspecified atom stereocenters. The van der Waals surface area contributed by atoms with E-state index in [1.165, 1.54) is 20.1 Å². The summed E-state index contributed by atoms with van der Waals surface area (Å²) in [6.07, 6.45) is 0. The minimum Gasteiger partial charge on any atom is -0.427 e. The van der Waals surface area contributed by atoms with Gasteiger partial charge in [0.15, 0.2) is 5.78 Å². The number of hydrogen-bond acceptors (Lipinski definition) is 4. The Morgan fingerprint density at radius 1 is 1.33 bits per heavy atom. The number of methoxy groups -OCH3 is 1. The molecule has 0 amide bonds. The van der Waals surface area contributed by atoms with Crippen molar-refractivity contribution in [2.75, 3.05) is 13.7 Å². The first-order valence-corrected chi connectivity index (χ1v) is 4.44. The number of Topliss-reactive ketones (excluding diaryl/α,β-unsaturated/α-hetero) is 1. The van der Waals surface area contributed by atoms with Crippen LogP contribution in [0.3, 0.4) is 0 Å². The van der Waals surface area contributed by atoms with Crippen molar-refractivity contribution < 1.29 is 19.1 Å². The number of ether oxygens (including phenoxy) is 2. The largest absolute Gasteiger partial charge is 0.427 e. The number of benzene rings is 1. The summed E-state index contributed by atoms with van der Waals surface area (Å²) in [5, 5.41) is 0. The molecule has 0 spiro atoms. The van der Waals surface area contributed by atoms with E-state index in [9.17, 15) is 9.59 Å². The van der Waals surface area contributed by atoms with Gasteiger partial charge in [-0.1, -0.05) is 12.1 Å². The highest BCUT2D eigenvalue weighted by Crippen LogP contribution is 2.13. The van der Waals surface area contributed by atoms with E-state index >= 15 is 0 Å². The maximum Gasteiger partial charge on any atom is 0.308 e. The average Bonchev–Trinajstić information content (AvgIpc) is 2.17. The van der Waals surface area contributed by atoms with E-state index in [2.05, 4.69) is 0 Å². The van der Waals surface area contributed by atoms with Crippen molar-refractivity contribution in [3.05, 3.63) is 29.8 Å². The molecule has 80 valence electrons. The zero-order valence-electron chi connectivity index (χ0n) is 8.65. The molecule has 0 heterocycles. The summed E-state index contributed by atoms with van der Waals surface area (Å²) in [7, 11) is 1.45. The first-order chi connectivity index (χ1) is 7.13. The van der Waals surface area contributed by atoms with Gasteiger partial charge in [0, 0.05) is 19.6 Å². The molecule has 4 heteroatoms. The summed E-state index contributed by atoms with van der Waals surface area (Å²) < 4.78 is 9.57. The molecule has 1 rings (SSSR count). The topological polar surface area (TPSA) is 52.6 Å². The van der Waals surface area contributed by atoms with Crippen molar-refractivity contribution >= 4 is 11.8 Å². The van der Waals surface area contributed by atoms with Gasteiger partial charge in [-0.3, -0.25) is 9.59 Å². The second-order valence-electron chi connectivity index (χ2n) is 2.98. The van der Waals surface area contributed by atoms with Crippen molar-refractivity contribution in [2.45, 2.75) is 6.92 Å². The predicted molar refractivity (Wildman–Crippen MR) is 54.0 cm³/mol. The lowest BCUT2D eigenvalue weighted by molar-refractivity contribution is -0.131. The highest BCUT2D eigenvalue weighted by atomic mass is 16.5. The Morgan fingerprint density at radius 3 is 2.67 bits per heavy atom. The zero-order chi connectivity index (χ0) is 11.3.